The van der Waals surface area contributed by atoms with E-state index in [-0.39, 0.29) is 31.6 Å². The van der Waals surface area contributed by atoms with Crippen molar-refractivity contribution in [3.8, 4) is 0 Å². The number of aromatic amines is 1. The molecular weight excluding hydrogens is 1540 g/mol. The molecule has 3 aromatic rings. The molecule has 0 radical (unpaired) electrons. The highest BCUT2D eigenvalue weighted by atomic mass is 16.4. The molecule has 1 unspecified atom stereocenters. The Morgan fingerprint density at radius 3 is 1.36 bits per heavy atom. The van der Waals surface area contributed by atoms with Crippen molar-refractivity contribution in [2.75, 3.05) is 26.4 Å². The lowest BCUT2D eigenvalue weighted by atomic mass is 9.85. The minimum atomic E-state index is -1.80. The summed E-state index contributed by atoms with van der Waals surface area (Å²) in [6.45, 7) is 15.3. The molecule has 2 aromatic carbocycles. The summed E-state index contributed by atoms with van der Waals surface area (Å²) < 4.78 is 0. The van der Waals surface area contributed by atoms with Gasteiger partial charge in [-0.3, -0.25) is 81.5 Å². The van der Waals surface area contributed by atoms with Crippen LogP contribution >= 0.6 is 0 Å². The number of para-hydroxylation sites is 1. The highest BCUT2D eigenvalue weighted by molar-refractivity contribution is 6.01. The van der Waals surface area contributed by atoms with E-state index in [4.69, 9.17) is 5.11 Å². The average molecular weight is 1660 g/mol. The number of amides is 7. The Morgan fingerprint density at radius 2 is 0.856 bits per heavy atom. The normalized spacial score (nSPS) is 15.6. The zero-order valence-corrected chi connectivity index (χ0v) is 69.4. The van der Waals surface area contributed by atoms with Crippen molar-refractivity contribution in [3.05, 3.63) is 71.9 Å². The van der Waals surface area contributed by atoms with Gasteiger partial charge >= 0.3 is 23.9 Å². The lowest BCUT2D eigenvalue weighted by molar-refractivity contribution is -0.145. The van der Waals surface area contributed by atoms with Crippen molar-refractivity contribution >= 4 is 117 Å². The lowest BCUT2D eigenvalue weighted by Crippen LogP contribution is -2.52. The molecule has 654 valence electrons. The first-order valence-corrected chi connectivity index (χ1v) is 40.1. The van der Waals surface area contributed by atoms with Gasteiger partial charge < -0.3 is 83.1 Å². The summed E-state index contributed by atoms with van der Waals surface area (Å²) in [7, 11) is 0. The Kier molecular flexibility index (Phi) is 43.6. The number of carboxylic acid groups (broad SMARTS) is 4. The highest BCUT2D eigenvalue weighted by Gasteiger charge is 2.41. The number of carboxylic acids is 4. The number of rotatable bonds is 59. The van der Waals surface area contributed by atoms with Gasteiger partial charge in [0.25, 0.3) is 0 Å². The zero-order chi connectivity index (χ0) is 89.1. The van der Waals surface area contributed by atoms with E-state index >= 15 is 0 Å². The number of aromatic nitrogens is 1. The van der Waals surface area contributed by atoms with Gasteiger partial charge in [-0.1, -0.05) is 131 Å². The topological polar surface area (TPSA) is 569 Å². The van der Waals surface area contributed by atoms with Gasteiger partial charge in [0, 0.05) is 123 Å². The van der Waals surface area contributed by atoms with Crippen LogP contribution in [0, 0.1) is 76.9 Å². The highest BCUT2D eigenvalue weighted by Crippen LogP contribution is 2.28. The molecule has 0 aliphatic rings. The van der Waals surface area contributed by atoms with E-state index in [1.165, 1.54) is 20.8 Å². The van der Waals surface area contributed by atoms with Crippen LogP contribution in [0.15, 0.2) is 60.8 Å². The van der Waals surface area contributed by atoms with Crippen molar-refractivity contribution in [1.29, 1.82) is 0 Å². The number of carbonyl (C=O) groups is 18. The fourth-order valence-electron chi connectivity index (χ4n) is 13.7. The monoisotopic (exact) mass is 1660 g/mol. The number of benzene rings is 2. The molecule has 34 heteroatoms. The number of Topliss-reactive ketones (excluding diaryl/α,β-unsaturated/α-hetero) is 7. The number of aliphatic carboxylic acids is 4. The van der Waals surface area contributed by atoms with Crippen LogP contribution in [-0.4, -0.2) is 220 Å². The van der Waals surface area contributed by atoms with Gasteiger partial charge in [0.05, 0.1) is 56.9 Å². The van der Waals surface area contributed by atoms with Crippen LogP contribution < -0.4 is 37.2 Å². The number of fused-ring (bicyclic) bond motifs is 1. The molecule has 34 nitrogen and oxygen atoms in total. The summed E-state index contributed by atoms with van der Waals surface area (Å²) in [5.41, 5.74) is 1.87. The Morgan fingerprint density at radius 1 is 0.407 bits per heavy atom. The molecule has 0 bridgehead atoms. The second kappa shape index (κ2) is 50.4. The Bertz CT molecular complexity index is 3970. The van der Waals surface area contributed by atoms with Gasteiger partial charge in [0.15, 0.2) is 34.7 Å². The zero-order valence-electron chi connectivity index (χ0n) is 69.4. The van der Waals surface area contributed by atoms with Crippen LogP contribution in [0.1, 0.15) is 184 Å². The SMILES string of the molecule is CC[C@H](C)[C@H](NC(=O)[C@H](CCC(=O)O)CC(=O)[C@H](Cc1c[nH]c2ccccc12)NC(=O)[C@@H](CC(=O)[C@@H](NC(=O)[C@@H](CC(=O)CNC(=O)[C@@H](CC(=O)[C@H](CO)NC(=O)[C@@H](CC(=O)[C@H](CO)NC(=O)[C@H](CO)CC(=O)C(NC(=O)[C@H](CCC(=O)O)CC(=O)[C@@H](C)CC(=O)O)[C@@H](C)O)C(C)C)Cc1ccccc1)C(C)C)C(C)C)CC(C)C)C(=O)O. The van der Waals surface area contributed by atoms with Gasteiger partial charge in [-0.2, -0.15) is 0 Å². The quantitative estimate of drug-likeness (QED) is 0.0385. The van der Waals surface area contributed by atoms with Gasteiger partial charge in [0.2, 0.25) is 41.4 Å². The van der Waals surface area contributed by atoms with Gasteiger partial charge in [-0.25, -0.2) is 4.79 Å². The first-order valence-electron chi connectivity index (χ1n) is 40.1. The maximum Gasteiger partial charge on any atom is 0.326 e. The van der Waals surface area contributed by atoms with Crippen molar-refractivity contribution in [1.82, 2.24) is 42.2 Å². The van der Waals surface area contributed by atoms with E-state index in [0.29, 0.717) is 28.5 Å². The van der Waals surface area contributed by atoms with E-state index in [1.807, 2.05) is 13.8 Å². The molecule has 3 rings (SSSR count). The first-order chi connectivity index (χ1) is 55.4. The largest absolute Gasteiger partial charge is 0.481 e. The minimum absolute atomic E-state index is 0.102. The van der Waals surface area contributed by atoms with Crippen molar-refractivity contribution in [2.45, 2.75) is 228 Å². The average Bonchev–Trinajstić information content (AvgIpc) is 1.71. The number of hydrogen-bond donors (Lipinski definition) is 16. The Labute approximate surface area is 686 Å². The van der Waals surface area contributed by atoms with Crippen LogP contribution in [0.3, 0.4) is 0 Å². The summed E-state index contributed by atoms with van der Waals surface area (Å²) >= 11 is 0. The Hall–Kier alpha value is -10.3. The molecule has 0 saturated carbocycles. The van der Waals surface area contributed by atoms with E-state index in [2.05, 4.69) is 42.2 Å². The van der Waals surface area contributed by atoms with Crippen LogP contribution in [0.4, 0.5) is 0 Å². The number of ketones is 7. The molecule has 7 amide bonds. The van der Waals surface area contributed by atoms with E-state index < -0.39 is 316 Å². The fraction of sp³-hybridized carbons (Fsp3) is 0.619. The summed E-state index contributed by atoms with van der Waals surface area (Å²) in [6.07, 6.45) is -6.63. The van der Waals surface area contributed by atoms with Crippen molar-refractivity contribution < 1.29 is 127 Å². The summed E-state index contributed by atoms with van der Waals surface area (Å²) in [5.74, 6) is -29.8. The van der Waals surface area contributed by atoms with Crippen LogP contribution in [0.2, 0.25) is 0 Å². The molecule has 0 saturated heterocycles. The number of carbonyl (C=O) groups excluding carboxylic acids is 14. The Balaban J connectivity index is 1.80. The predicted octanol–water partition coefficient (Wildman–Crippen LogP) is 3.35. The molecule has 1 aromatic heterocycles. The van der Waals surface area contributed by atoms with Crippen molar-refractivity contribution in [2.24, 2.45) is 76.9 Å². The number of aliphatic hydroxyl groups is 4. The third-order valence-electron chi connectivity index (χ3n) is 21.2. The second-order valence-electron chi connectivity index (χ2n) is 32.3. The van der Waals surface area contributed by atoms with Gasteiger partial charge in [0.1, 0.15) is 30.0 Å². The summed E-state index contributed by atoms with van der Waals surface area (Å²) in [4.78, 5) is 246. The fourth-order valence-corrected chi connectivity index (χ4v) is 13.7. The number of hydrogen-bond acceptors (Lipinski definition) is 22. The van der Waals surface area contributed by atoms with Crippen LogP contribution in [0.25, 0.3) is 10.9 Å². The van der Waals surface area contributed by atoms with E-state index in [0.717, 1.165) is 6.92 Å². The van der Waals surface area contributed by atoms with Crippen molar-refractivity contribution in [3.63, 3.8) is 0 Å². The maximum absolute atomic E-state index is 14.7. The van der Waals surface area contributed by atoms with Gasteiger partial charge in [-0.05, 0) is 79.4 Å². The number of nitrogens with one attached hydrogen (secondary N) is 8. The number of aliphatic hydroxyl groups excluding tert-OH is 4. The molecule has 16 N–H and O–H groups in total. The molecule has 0 aliphatic carbocycles. The van der Waals surface area contributed by atoms with Crippen LogP contribution in [0.5, 0.6) is 0 Å². The third-order valence-corrected chi connectivity index (χ3v) is 21.2. The molecule has 0 aliphatic heterocycles. The molecule has 118 heavy (non-hydrogen) atoms. The summed E-state index contributed by atoms with van der Waals surface area (Å²) in [5, 5.41) is 98.2. The molecular formula is C84H122N8O26. The predicted molar refractivity (Wildman–Crippen MR) is 428 cm³/mol. The lowest BCUT2D eigenvalue weighted by Gasteiger charge is -2.28. The summed E-state index contributed by atoms with van der Waals surface area (Å²) in [6, 6.07) is 6.34. The second-order valence-corrected chi connectivity index (χ2v) is 32.3. The molecule has 0 fully saturated rings. The molecule has 16 atom stereocenters. The standard InChI is InChI=1S/C84H122N8O26/c1-13-47(10)75(84(117)118)91-78(111)52(24-26-72(106)107)32-66(99)62(30-55-38-85-61-22-18-17-21-58(55)61)87-80(113)53(27-43(2)3)34-69(102)74(46(8)9)90-83(116)59(44(4)5)36-57(97)39-86-77(110)54(29-50-19-15-14-16-20-50)33-67(100)63(41-94)89-82(115)60(45(6)7)37-68(101)64(42-95)88-81(114)56(40-93)35-70(103)76(49(12)96)92-79(112)51(23-25-71(104)105)31-65(98)48(11)28-73(108)109/h14-22,38,43-49,51-54,56,59-60,62-64,74-76,85,93-96H,13,23-37,39-42H2,1-12H3,(H,86,110)(H,87,113)(H,88,114)(H,89,115)(H,90,116)(H,91,111)(H,92,112)(H,104,105)(H,106,107)(H,108,109)(H,117,118)/t47-,48-,49+,51+,52+,53+,54+,56-,59-,60-,62-,63-,64-,74-,75-,76?/m0/s1. The van der Waals surface area contributed by atoms with Crippen LogP contribution in [-0.2, 0) is 99.1 Å². The number of H-pyrrole nitrogens is 1. The minimum Gasteiger partial charge on any atom is -0.481 e. The maximum atomic E-state index is 14.7. The first kappa shape index (κ1) is 102. The molecule has 0 spiro atoms. The smallest absolute Gasteiger partial charge is 0.326 e. The van der Waals surface area contributed by atoms with E-state index in [1.54, 1.807) is 102 Å². The van der Waals surface area contributed by atoms with Gasteiger partial charge in [-0.15, -0.1) is 0 Å². The van der Waals surface area contributed by atoms with E-state index in [9.17, 15) is 122 Å². The third kappa shape index (κ3) is 34.0. The molecule has 1 heterocycles.